The molecule has 0 aromatic heterocycles. The quantitative estimate of drug-likeness (QED) is 0.599. The summed E-state index contributed by atoms with van der Waals surface area (Å²) >= 11 is 12.5. The molecular formula is C25H26Cl2N4O5S. The summed E-state index contributed by atoms with van der Waals surface area (Å²) in [6.07, 6.45) is -0.492. The molecule has 1 spiro atoms. The molecule has 3 amide bonds. The number of hydrogen-bond acceptors (Lipinski definition) is 6. The zero-order valence-corrected chi connectivity index (χ0v) is 22.4. The van der Waals surface area contributed by atoms with Crippen LogP contribution >= 0.6 is 23.2 Å². The van der Waals surface area contributed by atoms with Gasteiger partial charge < -0.3 is 24.8 Å². The van der Waals surface area contributed by atoms with Crippen molar-refractivity contribution in [3.05, 3.63) is 58.1 Å². The van der Waals surface area contributed by atoms with Crippen LogP contribution in [0.15, 0.2) is 47.4 Å². The van der Waals surface area contributed by atoms with Gasteiger partial charge in [-0.15, -0.1) is 0 Å². The van der Waals surface area contributed by atoms with Gasteiger partial charge in [-0.25, -0.2) is 4.79 Å². The molecule has 2 unspecified atom stereocenters. The minimum atomic E-state index is -1.72. The summed E-state index contributed by atoms with van der Waals surface area (Å²) in [7, 11) is -1.72. The number of amides is 3. The van der Waals surface area contributed by atoms with E-state index in [4.69, 9.17) is 27.9 Å². The average Bonchev–Trinajstić information content (AvgIpc) is 3.28. The van der Waals surface area contributed by atoms with Gasteiger partial charge in [0.2, 0.25) is 5.91 Å². The van der Waals surface area contributed by atoms with Crippen molar-refractivity contribution in [2.24, 2.45) is 0 Å². The first-order chi connectivity index (χ1) is 17.7. The highest BCUT2D eigenvalue weighted by atomic mass is 35.5. The van der Waals surface area contributed by atoms with Crippen LogP contribution in [0.5, 0.6) is 0 Å². The van der Waals surface area contributed by atoms with E-state index in [2.05, 4.69) is 10.2 Å². The Morgan fingerprint density at radius 3 is 2.41 bits per heavy atom. The van der Waals surface area contributed by atoms with Crippen LogP contribution in [0.2, 0.25) is 10.0 Å². The van der Waals surface area contributed by atoms with Gasteiger partial charge in [0.15, 0.2) is 0 Å². The molecule has 0 bridgehead atoms. The molecule has 3 fully saturated rings. The summed E-state index contributed by atoms with van der Waals surface area (Å²) in [5.41, 5.74) is 0.878. The van der Waals surface area contributed by atoms with Gasteiger partial charge >= 0.3 is 6.09 Å². The molecule has 37 heavy (non-hydrogen) atoms. The Bertz CT molecular complexity index is 1280. The van der Waals surface area contributed by atoms with Crippen molar-refractivity contribution in [3.63, 3.8) is 0 Å². The highest BCUT2D eigenvalue weighted by Crippen LogP contribution is 2.29. The van der Waals surface area contributed by atoms with Crippen LogP contribution in [0.3, 0.4) is 0 Å². The molecule has 196 valence electrons. The number of nitrogens with zero attached hydrogens (tertiary/aromatic N) is 3. The molecule has 5 rings (SSSR count). The Morgan fingerprint density at radius 1 is 1.05 bits per heavy atom. The van der Waals surface area contributed by atoms with Gasteiger partial charge in [-0.3, -0.25) is 13.8 Å². The van der Waals surface area contributed by atoms with Crippen molar-refractivity contribution in [2.45, 2.75) is 22.6 Å². The minimum Gasteiger partial charge on any atom is -0.447 e. The number of anilines is 1. The highest BCUT2D eigenvalue weighted by Gasteiger charge is 2.52. The smallest absolute Gasteiger partial charge is 0.407 e. The number of nitrogens with one attached hydrogen (secondary N) is 1. The second kappa shape index (κ2) is 10.2. The minimum absolute atomic E-state index is 0.152. The zero-order chi connectivity index (χ0) is 26.3. The van der Waals surface area contributed by atoms with E-state index in [-0.39, 0.29) is 23.4 Å². The van der Waals surface area contributed by atoms with E-state index in [1.807, 2.05) is 24.3 Å². The maximum Gasteiger partial charge on any atom is 0.407 e. The van der Waals surface area contributed by atoms with Crippen molar-refractivity contribution in [3.8, 4) is 0 Å². The lowest BCUT2D eigenvalue weighted by molar-refractivity contribution is -0.138. The summed E-state index contributed by atoms with van der Waals surface area (Å²) in [4.78, 5) is 43.1. The zero-order valence-electron chi connectivity index (χ0n) is 20.1. The summed E-state index contributed by atoms with van der Waals surface area (Å²) in [6.45, 7) is 4.86. The normalized spacial score (nSPS) is 20.2. The average molecular weight is 565 g/mol. The fourth-order valence-corrected chi connectivity index (χ4v) is 6.62. The molecule has 2 aromatic carbocycles. The largest absolute Gasteiger partial charge is 0.447 e. The number of likely N-dealkylation sites (tertiary alicyclic amines) is 1. The molecule has 12 heteroatoms. The van der Waals surface area contributed by atoms with Crippen LogP contribution in [0, 0.1) is 0 Å². The Kier molecular flexibility index (Phi) is 7.08. The molecule has 2 atom stereocenters. The molecule has 3 aliphatic heterocycles. The standard InChI is InChI=1S/C25H26Cl2N4O5S/c1-16(22(32)31-13-25(14-31)15-36-24(34)28-25)37(35)21-6-5-17(11-20(21)27)23(33)30-9-7-29(8-10-30)19-4-2-3-18(26)12-19/h2-6,11-12,16H,7-10,13-15H2,1H3,(H,28,34). The molecular weight excluding hydrogens is 539 g/mol. The fourth-order valence-electron chi connectivity index (χ4n) is 4.86. The second-order valence-electron chi connectivity index (χ2n) is 9.52. The number of rotatable bonds is 5. The first-order valence-corrected chi connectivity index (χ1v) is 13.9. The maximum atomic E-state index is 13.2. The van der Waals surface area contributed by atoms with Crippen molar-refractivity contribution in [1.82, 2.24) is 15.1 Å². The molecule has 1 N–H and O–H groups in total. The molecule has 2 aromatic rings. The van der Waals surface area contributed by atoms with Gasteiger partial charge in [0.25, 0.3) is 5.91 Å². The van der Waals surface area contributed by atoms with Gasteiger partial charge in [-0.05, 0) is 43.3 Å². The van der Waals surface area contributed by atoms with Crippen molar-refractivity contribution in [1.29, 1.82) is 0 Å². The number of halogens is 2. The Balaban J connectivity index is 1.19. The Hall–Kier alpha value is -2.82. The third-order valence-electron chi connectivity index (χ3n) is 6.95. The first kappa shape index (κ1) is 25.8. The molecule has 9 nitrogen and oxygen atoms in total. The van der Waals surface area contributed by atoms with Gasteiger partial charge in [-0.2, -0.15) is 0 Å². The molecule has 0 saturated carbocycles. The molecule has 3 heterocycles. The number of piperazine rings is 1. The first-order valence-electron chi connectivity index (χ1n) is 11.9. The third kappa shape index (κ3) is 5.15. The number of ether oxygens (including phenoxy) is 1. The van der Waals surface area contributed by atoms with Crippen LogP contribution in [0.1, 0.15) is 17.3 Å². The van der Waals surface area contributed by atoms with Gasteiger partial charge in [0.1, 0.15) is 17.4 Å². The molecule has 3 saturated heterocycles. The summed E-state index contributed by atoms with van der Waals surface area (Å²) in [5, 5.41) is 2.73. The van der Waals surface area contributed by atoms with Crippen LogP contribution < -0.4 is 10.2 Å². The van der Waals surface area contributed by atoms with Crippen LogP contribution in [0.4, 0.5) is 10.5 Å². The molecule has 0 radical (unpaired) electrons. The van der Waals surface area contributed by atoms with E-state index >= 15 is 0 Å². The topological polar surface area (TPSA) is 99.3 Å². The number of cyclic esters (lactones) is 1. The molecule has 0 aliphatic carbocycles. The van der Waals surface area contributed by atoms with E-state index in [9.17, 15) is 18.6 Å². The van der Waals surface area contributed by atoms with E-state index in [1.165, 1.54) is 6.07 Å². The van der Waals surface area contributed by atoms with E-state index < -0.39 is 27.7 Å². The third-order valence-corrected chi connectivity index (χ3v) is 9.24. The lowest BCUT2D eigenvalue weighted by Crippen LogP contribution is -2.71. The fraction of sp³-hybridized carbons (Fsp3) is 0.400. The number of carbonyl (C=O) groups is 3. The number of carbonyl (C=O) groups excluding carboxylic acids is 3. The van der Waals surface area contributed by atoms with Crippen LogP contribution in [-0.2, 0) is 20.3 Å². The highest BCUT2D eigenvalue weighted by molar-refractivity contribution is 7.86. The lowest BCUT2D eigenvalue weighted by atomic mass is 9.91. The number of hydrogen-bond donors (Lipinski definition) is 1. The SMILES string of the molecule is CC(C(=O)N1CC2(COC(=O)N2)C1)S(=O)c1ccc(C(=O)N2CCN(c3cccc(Cl)c3)CC2)cc1Cl. The van der Waals surface area contributed by atoms with Crippen molar-refractivity contribution < 1.29 is 23.3 Å². The van der Waals surface area contributed by atoms with E-state index in [0.29, 0.717) is 54.8 Å². The van der Waals surface area contributed by atoms with Gasteiger partial charge in [-0.1, -0.05) is 29.3 Å². The van der Waals surface area contributed by atoms with Gasteiger partial charge in [0, 0.05) is 55.5 Å². The van der Waals surface area contributed by atoms with Crippen molar-refractivity contribution >= 4 is 57.6 Å². The van der Waals surface area contributed by atoms with Crippen LogP contribution in [-0.4, -0.2) is 88.6 Å². The summed E-state index contributed by atoms with van der Waals surface area (Å²) in [5.74, 6) is -0.445. The number of benzene rings is 2. The monoisotopic (exact) mass is 564 g/mol. The Morgan fingerprint density at radius 2 is 1.78 bits per heavy atom. The summed E-state index contributed by atoms with van der Waals surface area (Å²) < 4.78 is 18.1. The maximum absolute atomic E-state index is 13.2. The van der Waals surface area contributed by atoms with E-state index in [1.54, 1.807) is 28.9 Å². The van der Waals surface area contributed by atoms with Crippen LogP contribution in [0.25, 0.3) is 0 Å². The van der Waals surface area contributed by atoms with Crippen molar-refractivity contribution in [2.75, 3.05) is 50.8 Å². The Labute approximate surface area is 227 Å². The van der Waals surface area contributed by atoms with Gasteiger partial charge in [0.05, 0.1) is 20.7 Å². The predicted octanol–water partition coefficient (Wildman–Crippen LogP) is 2.77. The summed E-state index contributed by atoms with van der Waals surface area (Å²) in [6, 6.07) is 12.3. The molecule has 3 aliphatic rings. The second-order valence-corrected chi connectivity index (χ2v) is 12.1. The lowest BCUT2D eigenvalue weighted by Gasteiger charge is -2.46. The number of alkyl carbamates (subject to hydrolysis) is 1. The van der Waals surface area contributed by atoms with E-state index in [0.717, 1.165) is 5.69 Å². The predicted molar refractivity (Wildman–Crippen MR) is 141 cm³/mol.